The van der Waals surface area contributed by atoms with Crippen molar-refractivity contribution in [2.75, 3.05) is 13.7 Å². The Morgan fingerprint density at radius 2 is 2.32 bits per heavy atom. The summed E-state index contributed by atoms with van der Waals surface area (Å²) in [5.74, 6) is 0.683. The van der Waals surface area contributed by atoms with Gasteiger partial charge in [-0.3, -0.25) is 4.79 Å². The third-order valence-electron chi connectivity index (χ3n) is 3.53. The van der Waals surface area contributed by atoms with Crippen molar-refractivity contribution in [3.8, 4) is 11.5 Å². The van der Waals surface area contributed by atoms with E-state index in [0.29, 0.717) is 28.6 Å². The lowest BCUT2D eigenvalue weighted by Crippen LogP contribution is -2.30. The molecule has 1 aromatic rings. The van der Waals surface area contributed by atoms with E-state index in [2.05, 4.69) is 21.2 Å². The molecule has 1 aromatic carbocycles. The number of hydrogen-bond donors (Lipinski definition) is 2. The Morgan fingerprint density at radius 1 is 1.53 bits per heavy atom. The fourth-order valence-electron chi connectivity index (χ4n) is 2.38. The number of phenols is 1. The van der Waals surface area contributed by atoms with Crippen LogP contribution in [-0.2, 0) is 0 Å². The zero-order chi connectivity index (χ0) is 13.8. The van der Waals surface area contributed by atoms with Crippen LogP contribution in [0.4, 0.5) is 0 Å². The van der Waals surface area contributed by atoms with Crippen LogP contribution in [0.25, 0.3) is 0 Å². The number of benzene rings is 1. The van der Waals surface area contributed by atoms with Crippen LogP contribution < -0.4 is 10.1 Å². The van der Waals surface area contributed by atoms with Crippen LogP contribution in [0.15, 0.2) is 18.2 Å². The first-order valence-corrected chi connectivity index (χ1v) is 7.32. The summed E-state index contributed by atoms with van der Waals surface area (Å²) in [7, 11) is 1.48. The molecule has 2 unspecified atom stereocenters. The second-order valence-electron chi connectivity index (χ2n) is 4.80. The van der Waals surface area contributed by atoms with Gasteiger partial charge in [0.2, 0.25) is 0 Å². The van der Waals surface area contributed by atoms with Gasteiger partial charge in [0, 0.05) is 16.9 Å². The first-order valence-electron chi connectivity index (χ1n) is 6.41. The molecule has 0 bridgehead atoms. The molecule has 0 heterocycles. The Balaban J connectivity index is 1.94. The van der Waals surface area contributed by atoms with Gasteiger partial charge in [-0.2, -0.15) is 0 Å². The van der Waals surface area contributed by atoms with Crippen molar-refractivity contribution < 1.29 is 14.6 Å². The van der Waals surface area contributed by atoms with Gasteiger partial charge < -0.3 is 15.2 Å². The van der Waals surface area contributed by atoms with E-state index in [0.717, 1.165) is 6.42 Å². The zero-order valence-electron chi connectivity index (χ0n) is 10.9. The van der Waals surface area contributed by atoms with Gasteiger partial charge >= 0.3 is 0 Å². The maximum atomic E-state index is 12.0. The smallest absolute Gasteiger partial charge is 0.251 e. The highest BCUT2D eigenvalue weighted by molar-refractivity contribution is 9.09. The molecular formula is C14H18BrNO3. The maximum absolute atomic E-state index is 12.0. The number of nitrogens with one attached hydrogen (secondary N) is 1. The molecule has 104 valence electrons. The number of halogens is 1. The summed E-state index contributed by atoms with van der Waals surface area (Å²) in [5, 5.41) is 12.6. The van der Waals surface area contributed by atoms with Gasteiger partial charge in [-0.25, -0.2) is 0 Å². The summed E-state index contributed by atoms with van der Waals surface area (Å²) in [6, 6.07) is 4.66. The van der Waals surface area contributed by atoms with E-state index in [1.807, 2.05) is 0 Å². The van der Waals surface area contributed by atoms with Gasteiger partial charge in [0.15, 0.2) is 11.5 Å². The van der Waals surface area contributed by atoms with Gasteiger partial charge in [0.05, 0.1) is 7.11 Å². The Hall–Kier alpha value is -1.23. The molecule has 4 nitrogen and oxygen atoms in total. The number of hydrogen-bond acceptors (Lipinski definition) is 3. The number of phenolic OH excluding ortho intramolecular Hbond substituents is 1. The molecule has 1 aliphatic carbocycles. The lowest BCUT2D eigenvalue weighted by atomic mass is 10.1. The topological polar surface area (TPSA) is 58.6 Å². The van der Waals surface area contributed by atoms with E-state index in [4.69, 9.17) is 4.74 Å². The molecule has 1 fully saturated rings. The Kier molecular flexibility index (Phi) is 4.69. The second kappa shape index (κ2) is 6.28. The van der Waals surface area contributed by atoms with E-state index >= 15 is 0 Å². The Morgan fingerprint density at radius 3 is 2.89 bits per heavy atom. The highest BCUT2D eigenvalue weighted by atomic mass is 79.9. The standard InChI is InChI=1S/C14H18BrNO3/c1-19-13-6-5-9(7-12(13)17)14(18)16-8-10-3-2-4-11(10)15/h5-7,10-11,17H,2-4,8H2,1H3,(H,16,18). The first kappa shape index (κ1) is 14.2. The van der Waals surface area contributed by atoms with Crippen LogP contribution in [0.2, 0.25) is 0 Å². The van der Waals surface area contributed by atoms with E-state index in [9.17, 15) is 9.90 Å². The van der Waals surface area contributed by atoms with Crippen molar-refractivity contribution in [3.63, 3.8) is 0 Å². The zero-order valence-corrected chi connectivity index (χ0v) is 12.4. The van der Waals surface area contributed by atoms with Gasteiger partial charge in [0.25, 0.3) is 5.91 Å². The van der Waals surface area contributed by atoms with E-state index in [-0.39, 0.29) is 11.7 Å². The summed E-state index contributed by atoms with van der Waals surface area (Å²) >= 11 is 3.63. The Bertz CT molecular complexity index is 464. The first-order chi connectivity index (χ1) is 9.11. The maximum Gasteiger partial charge on any atom is 0.251 e. The van der Waals surface area contributed by atoms with Gasteiger partial charge in [-0.05, 0) is 37.0 Å². The molecule has 19 heavy (non-hydrogen) atoms. The number of carbonyl (C=O) groups excluding carboxylic acids is 1. The van der Waals surface area contributed by atoms with Crippen molar-refractivity contribution in [2.45, 2.75) is 24.1 Å². The molecule has 0 saturated heterocycles. The van der Waals surface area contributed by atoms with Crippen LogP contribution in [0.5, 0.6) is 11.5 Å². The van der Waals surface area contributed by atoms with Crippen molar-refractivity contribution in [2.24, 2.45) is 5.92 Å². The van der Waals surface area contributed by atoms with Crippen LogP contribution in [0, 0.1) is 5.92 Å². The molecule has 1 amide bonds. The van der Waals surface area contributed by atoms with Crippen molar-refractivity contribution in [1.29, 1.82) is 0 Å². The Labute approximate surface area is 121 Å². The molecule has 0 aromatic heterocycles. The summed E-state index contributed by atoms with van der Waals surface area (Å²) in [5.41, 5.74) is 0.447. The minimum atomic E-state index is -0.162. The van der Waals surface area contributed by atoms with Crippen LogP contribution in [-0.4, -0.2) is 29.5 Å². The highest BCUT2D eigenvalue weighted by Crippen LogP contribution is 2.31. The predicted molar refractivity (Wildman–Crippen MR) is 77.0 cm³/mol. The number of carbonyl (C=O) groups is 1. The van der Waals surface area contributed by atoms with Gasteiger partial charge in [0.1, 0.15) is 0 Å². The summed E-state index contributed by atoms with van der Waals surface area (Å²) in [4.78, 5) is 12.5. The number of rotatable bonds is 4. The normalized spacial score (nSPS) is 22.2. The quantitative estimate of drug-likeness (QED) is 0.836. The molecule has 1 saturated carbocycles. The number of methoxy groups -OCH3 is 1. The van der Waals surface area contributed by atoms with E-state index < -0.39 is 0 Å². The monoisotopic (exact) mass is 327 g/mol. The average molecular weight is 328 g/mol. The minimum absolute atomic E-state index is 0.0191. The molecule has 5 heteroatoms. The number of ether oxygens (including phenoxy) is 1. The number of amides is 1. The molecule has 0 aliphatic heterocycles. The highest BCUT2D eigenvalue weighted by Gasteiger charge is 2.25. The average Bonchev–Trinajstić information content (AvgIpc) is 2.81. The van der Waals surface area contributed by atoms with Crippen LogP contribution in [0.1, 0.15) is 29.6 Å². The fraction of sp³-hybridized carbons (Fsp3) is 0.500. The second-order valence-corrected chi connectivity index (χ2v) is 5.98. The SMILES string of the molecule is COc1ccc(C(=O)NCC2CCCC2Br)cc1O. The molecule has 1 aliphatic rings. The van der Waals surface area contributed by atoms with Crippen molar-refractivity contribution in [1.82, 2.24) is 5.32 Å². The summed E-state index contributed by atoms with van der Waals surface area (Å²) in [6.07, 6.45) is 3.52. The molecule has 2 atom stereocenters. The lowest BCUT2D eigenvalue weighted by Gasteiger charge is -2.15. The number of alkyl halides is 1. The molecule has 2 rings (SSSR count). The van der Waals surface area contributed by atoms with Crippen molar-refractivity contribution in [3.05, 3.63) is 23.8 Å². The fourth-order valence-corrected chi connectivity index (χ4v) is 3.15. The lowest BCUT2D eigenvalue weighted by molar-refractivity contribution is 0.0947. The molecule has 0 spiro atoms. The van der Waals surface area contributed by atoms with E-state index in [1.165, 1.54) is 26.0 Å². The molecule has 2 N–H and O–H groups in total. The minimum Gasteiger partial charge on any atom is -0.504 e. The van der Waals surface area contributed by atoms with Crippen LogP contribution >= 0.6 is 15.9 Å². The summed E-state index contributed by atoms with van der Waals surface area (Å²) in [6.45, 7) is 0.668. The van der Waals surface area contributed by atoms with Crippen LogP contribution in [0.3, 0.4) is 0 Å². The molecular weight excluding hydrogens is 310 g/mol. The van der Waals surface area contributed by atoms with E-state index in [1.54, 1.807) is 12.1 Å². The number of aromatic hydroxyl groups is 1. The third kappa shape index (κ3) is 3.41. The van der Waals surface area contributed by atoms with Gasteiger partial charge in [-0.15, -0.1) is 0 Å². The van der Waals surface area contributed by atoms with Crippen molar-refractivity contribution >= 4 is 21.8 Å². The molecule has 0 radical (unpaired) electrons. The predicted octanol–water partition coefficient (Wildman–Crippen LogP) is 2.69. The largest absolute Gasteiger partial charge is 0.504 e. The third-order valence-corrected chi connectivity index (χ3v) is 4.74. The summed E-state index contributed by atoms with van der Waals surface area (Å²) < 4.78 is 4.95. The van der Waals surface area contributed by atoms with Gasteiger partial charge in [-0.1, -0.05) is 22.4 Å².